The second-order valence-electron chi connectivity index (χ2n) is 10.7. The van der Waals surface area contributed by atoms with Gasteiger partial charge in [0.15, 0.2) is 0 Å². The number of rotatable bonds is 2. The lowest BCUT2D eigenvalue weighted by atomic mass is 10.1. The number of aliphatic carboxylic acids is 1. The Morgan fingerprint density at radius 2 is 1.39 bits per heavy atom. The van der Waals surface area contributed by atoms with Crippen LogP contribution in [0.25, 0.3) is 0 Å². The smallest absolute Gasteiger partial charge is 0.437 e. The van der Waals surface area contributed by atoms with E-state index in [4.69, 9.17) is 19.9 Å². The van der Waals surface area contributed by atoms with E-state index in [2.05, 4.69) is 4.99 Å². The first-order valence-corrected chi connectivity index (χ1v) is 10.5. The highest BCUT2D eigenvalue weighted by Gasteiger charge is 2.46. The van der Waals surface area contributed by atoms with Crippen molar-refractivity contribution in [2.45, 2.75) is 97.6 Å². The molecule has 1 aliphatic heterocycles. The Morgan fingerprint density at radius 3 is 1.82 bits per heavy atom. The third-order valence-corrected chi connectivity index (χ3v) is 3.99. The third-order valence-electron chi connectivity index (χ3n) is 3.99. The first-order valence-electron chi connectivity index (χ1n) is 10.5. The molecule has 0 spiro atoms. The zero-order valence-electron chi connectivity index (χ0n) is 20.8. The molecule has 12 heteroatoms. The fourth-order valence-corrected chi connectivity index (χ4v) is 2.93. The van der Waals surface area contributed by atoms with Crippen LogP contribution in [0, 0.1) is 0 Å². The number of carboxylic acid groups (broad SMARTS) is 1. The maximum absolute atomic E-state index is 12.9. The van der Waals surface area contributed by atoms with E-state index >= 15 is 0 Å². The molecule has 0 aromatic heterocycles. The minimum Gasteiger partial charge on any atom is -0.480 e. The van der Waals surface area contributed by atoms with Crippen molar-refractivity contribution in [2.24, 2.45) is 10.7 Å². The molecule has 1 fully saturated rings. The average molecular weight is 473 g/mol. The number of carboxylic acids is 1. The van der Waals surface area contributed by atoms with Gasteiger partial charge in [0.05, 0.1) is 6.04 Å². The Morgan fingerprint density at radius 1 is 0.909 bits per heavy atom. The Labute approximate surface area is 194 Å². The molecule has 12 nitrogen and oxygen atoms in total. The van der Waals surface area contributed by atoms with Crippen LogP contribution in [0.4, 0.5) is 14.4 Å². The first kappa shape index (κ1) is 28.0. The molecule has 3 amide bonds. The number of carbonyl (C=O) groups is 4. The topological polar surface area (TPSA) is 161 Å². The van der Waals surface area contributed by atoms with Gasteiger partial charge in [0.2, 0.25) is 5.96 Å². The number of guanidine groups is 1. The number of hydrogen-bond donors (Lipinski definition) is 2. The second kappa shape index (κ2) is 9.84. The van der Waals surface area contributed by atoms with E-state index in [0.717, 1.165) is 9.80 Å². The molecule has 1 aliphatic rings. The number of hydrogen-bond acceptors (Lipinski definition) is 7. The van der Waals surface area contributed by atoms with Crippen LogP contribution in [0.5, 0.6) is 0 Å². The standard InChI is InChI=1S/C21H36N4O8/c1-19(2,3)31-16(28)23-15(22)25(18(30)33-21(7,8)9)12-10-13(14(26)27)24(11-12)17(29)32-20(4,5)6/h12-13H,10-11H2,1-9H3,(H,26,27)(H2,22,23,28)/t12-,13-/m0/s1. The number of nitrogens with two attached hydrogens (primary N) is 1. The molecule has 3 N–H and O–H groups in total. The van der Waals surface area contributed by atoms with Crippen LogP contribution in [0.1, 0.15) is 68.7 Å². The molecule has 0 bridgehead atoms. The number of amides is 3. The molecule has 1 rings (SSSR count). The van der Waals surface area contributed by atoms with Crippen molar-refractivity contribution >= 4 is 30.2 Å². The molecule has 0 unspecified atom stereocenters. The molecule has 1 saturated heterocycles. The van der Waals surface area contributed by atoms with Crippen molar-refractivity contribution in [2.75, 3.05) is 6.54 Å². The molecule has 33 heavy (non-hydrogen) atoms. The quantitative estimate of drug-likeness (QED) is 0.349. The lowest BCUT2D eigenvalue weighted by Crippen LogP contribution is -2.52. The second-order valence-corrected chi connectivity index (χ2v) is 10.7. The SMILES string of the molecule is CC(C)(C)OC(=O)N=C(N)N(C(=O)OC(C)(C)C)[C@H]1C[C@@H](C(=O)O)N(C(=O)OC(C)(C)C)C1. The number of nitrogens with zero attached hydrogens (tertiary/aromatic N) is 3. The van der Waals surface area contributed by atoms with E-state index in [1.807, 2.05) is 0 Å². The van der Waals surface area contributed by atoms with Gasteiger partial charge in [0.1, 0.15) is 22.8 Å². The minimum atomic E-state index is -1.29. The van der Waals surface area contributed by atoms with Gasteiger partial charge in [-0.2, -0.15) is 0 Å². The molecule has 0 aromatic rings. The Balaban J connectivity index is 3.32. The molecular weight excluding hydrogens is 436 g/mol. The molecule has 0 saturated carbocycles. The van der Waals surface area contributed by atoms with Crippen LogP contribution in [0.3, 0.4) is 0 Å². The maximum Gasteiger partial charge on any atom is 0.437 e. The average Bonchev–Trinajstić information content (AvgIpc) is 2.94. The zero-order valence-corrected chi connectivity index (χ0v) is 20.8. The summed E-state index contributed by atoms with van der Waals surface area (Å²) in [6.07, 6.45) is -3.03. The van der Waals surface area contributed by atoms with Crippen molar-refractivity contribution < 1.29 is 38.5 Å². The van der Waals surface area contributed by atoms with E-state index in [1.165, 1.54) is 0 Å². The predicted octanol–water partition coefficient (Wildman–Crippen LogP) is 2.94. The van der Waals surface area contributed by atoms with E-state index in [-0.39, 0.29) is 13.0 Å². The largest absolute Gasteiger partial charge is 0.480 e. The summed E-state index contributed by atoms with van der Waals surface area (Å²) in [6.45, 7) is 14.5. The highest BCUT2D eigenvalue weighted by molar-refractivity contribution is 5.98. The van der Waals surface area contributed by atoms with E-state index in [0.29, 0.717) is 0 Å². The summed E-state index contributed by atoms with van der Waals surface area (Å²) < 4.78 is 15.8. The molecule has 0 aromatic carbocycles. The van der Waals surface area contributed by atoms with Crippen molar-refractivity contribution in [3.8, 4) is 0 Å². The van der Waals surface area contributed by atoms with Crippen molar-refractivity contribution in [3.05, 3.63) is 0 Å². The van der Waals surface area contributed by atoms with Crippen LogP contribution in [-0.4, -0.2) is 80.5 Å². The van der Waals surface area contributed by atoms with Crippen molar-refractivity contribution in [1.29, 1.82) is 0 Å². The van der Waals surface area contributed by atoms with Gasteiger partial charge in [-0.15, -0.1) is 4.99 Å². The molecule has 0 radical (unpaired) electrons. The van der Waals surface area contributed by atoms with Gasteiger partial charge in [-0.25, -0.2) is 24.1 Å². The van der Waals surface area contributed by atoms with Crippen LogP contribution >= 0.6 is 0 Å². The summed E-state index contributed by atoms with van der Waals surface area (Å²) in [6, 6.07) is -2.23. The highest BCUT2D eigenvalue weighted by atomic mass is 16.6. The van der Waals surface area contributed by atoms with Gasteiger partial charge in [0.25, 0.3) is 0 Å². The van der Waals surface area contributed by atoms with Gasteiger partial charge in [0, 0.05) is 13.0 Å². The Kier molecular flexibility index (Phi) is 8.34. The summed E-state index contributed by atoms with van der Waals surface area (Å²) in [5, 5.41) is 9.65. The molecule has 0 aliphatic carbocycles. The fourth-order valence-electron chi connectivity index (χ4n) is 2.93. The lowest BCUT2D eigenvalue weighted by molar-refractivity contribution is -0.142. The highest BCUT2D eigenvalue weighted by Crippen LogP contribution is 2.26. The number of ether oxygens (including phenoxy) is 3. The lowest BCUT2D eigenvalue weighted by Gasteiger charge is -2.31. The van der Waals surface area contributed by atoms with Gasteiger partial charge in [-0.1, -0.05) is 0 Å². The van der Waals surface area contributed by atoms with Crippen LogP contribution in [-0.2, 0) is 19.0 Å². The van der Waals surface area contributed by atoms with E-state index in [9.17, 15) is 24.3 Å². The molecular formula is C21H36N4O8. The summed E-state index contributed by atoms with van der Waals surface area (Å²) >= 11 is 0. The van der Waals surface area contributed by atoms with E-state index < -0.39 is 59.1 Å². The zero-order chi connectivity index (χ0) is 25.9. The predicted molar refractivity (Wildman–Crippen MR) is 119 cm³/mol. The van der Waals surface area contributed by atoms with Crippen LogP contribution < -0.4 is 5.73 Å². The van der Waals surface area contributed by atoms with Gasteiger partial charge in [-0.3, -0.25) is 4.90 Å². The molecule has 2 atom stereocenters. The summed E-state index contributed by atoms with van der Waals surface area (Å²) in [5.74, 6) is -1.83. The number of likely N-dealkylation sites (tertiary alicyclic amines) is 1. The Hall–Kier alpha value is -3.05. The normalized spacial score (nSPS) is 19.7. The summed E-state index contributed by atoms with van der Waals surface area (Å²) in [4.78, 5) is 55.0. The van der Waals surface area contributed by atoms with Crippen LogP contribution in [0.2, 0.25) is 0 Å². The van der Waals surface area contributed by atoms with Crippen molar-refractivity contribution in [1.82, 2.24) is 9.80 Å². The third kappa shape index (κ3) is 9.15. The molecule has 1 heterocycles. The van der Waals surface area contributed by atoms with E-state index in [1.54, 1.807) is 62.3 Å². The van der Waals surface area contributed by atoms with Crippen molar-refractivity contribution in [3.63, 3.8) is 0 Å². The summed E-state index contributed by atoms with van der Waals surface area (Å²) in [5.41, 5.74) is 3.34. The van der Waals surface area contributed by atoms with Gasteiger partial charge >= 0.3 is 24.2 Å². The number of aliphatic imine (C=N–C) groups is 1. The molecule has 188 valence electrons. The van der Waals surface area contributed by atoms with Gasteiger partial charge in [-0.05, 0) is 62.3 Å². The Bertz CT molecular complexity index is 805. The van der Waals surface area contributed by atoms with Crippen LogP contribution in [0.15, 0.2) is 4.99 Å². The summed E-state index contributed by atoms with van der Waals surface area (Å²) in [7, 11) is 0. The fraction of sp³-hybridized carbons (Fsp3) is 0.762. The maximum atomic E-state index is 12.9. The van der Waals surface area contributed by atoms with Gasteiger partial charge < -0.3 is 25.1 Å². The monoisotopic (exact) mass is 472 g/mol. The number of carbonyl (C=O) groups excluding carboxylic acids is 3. The minimum absolute atomic E-state index is 0.182. The first-order chi connectivity index (χ1) is 14.7.